The molecule has 98 valence electrons. The second kappa shape index (κ2) is 6.10. The first-order chi connectivity index (χ1) is 7.30. The van der Waals surface area contributed by atoms with E-state index in [-0.39, 0.29) is 36.0 Å². The van der Waals surface area contributed by atoms with E-state index in [0.29, 0.717) is 0 Å². The fraction of sp³-hybridized carbons (Fsp3) is 0.429. The van der Waals surface area contributed by atoms with Crippen molar-refractivity contribution in [3.63, 3.8) is 0 Å². The lowest BCUT2D eigenvalue weighted by molar-refractivity contribution is -0.141. The Kier molecular flexibility index (Phi) is 5.76. The van der Waals surface area contributed by atoms with Crippen LogP contribution in [-0.2, 0) is 12.7 Å². The molecule has 0 aliphatic carbocycles. The molecule has 0 radical (unpaired) electrons. The van der Waals surface area contributed by atoms with Gasteiger partial charge in [-0.1, -0.05) is 11.6 Å². The van der Waals surface area contributed by atoms with Gasteiger partial charge in [0.1, 0.15) is 0 Å². The summed E-state index contributed by atoms with van der Waals surface area (Å²) in [7, 11) is 0. The lowest BCUT2D eigenvalue weighted by Crippen LogP contribution is -2.23. The molecular weight excluding hydrogens is 326 g/mol. The zero-order valence-corrected chi connectivity index (χ0v) is 10.9. The molecule has 0 amide bonds. The van der Waals surface area contributed by atoms with E-state index in [1.54, 1.807) is 0 Å². The number of aliphatic imine (C=N–C) groups is 1. The predicted molar refractivity (Wildman–Crippen MR) is 63.2 cm³/mol. The van der Waals surface area contributed by atoms with Gasteiger partial charge in [0.05, 0.1) is 18.1 Å². The molecule has 0 fully saturated rings. The van der Waals surface area contributed by atoms with Crippen LogP contribution < -0.4 is 11.5 Å². The number of nitrogens with two attached hydrogens (primary N) is 2. The van der Waals surface area contributed by atoms with Crippen molar-refractivity contribution in [3.05, 3.63) is 16.9 Å². The average molecular weight is 337 g/mol. The van der Waals surface area contributed by atoms with Gasteiger partial charge in [-0.3, -0.25) is 9.67 Å². The van der Waals surface area contributed by atoms with Gasteiger partial charge in [-0.15, -0.1) is 17.0 Å². The van der Waals surface area contributed by atoms with E-state index in [4.69, 9.17) is 23.1 Å². The minimum absolute atomic E-state index is 0. The van der Waals surface area contributed by atoms with Gasteiger partial charge in [0.2, 0.25) is 0 Å². The van der Waals surface area contributed by atoms with E-state index in [0.717, 1.165) is 10.9 Å². The fourth-order valence-electron chi connectivity index (χ4n) is 0.985. The van der Waals surface area contributed by atoms with Crippen LogP contribution >= 0.6 is 28.6 Å². The zero-order valence-electron chi connectivity index (χ0n) is 8.41. The second-order valence-corrected chi connectivity index (χ2v) is 3.30. The highest BCUT2D eigenvalue weighted by Gasteiger charge is 2.36. The first-order valence-corrected chi connectivity index (χ1v) is 4.54. The number of guanidine groups is 1. The van der Waals surface area contributed by atoms with Crippen LogP contribution in [0, 0.1) is 0 Å². The van der Waals surface area contributed by atoms with E-state index in [1.165, 1.54) is 0 Å². The van der Waals surface area contributed by atoms with Gasteiger partial charge >= 0.3 is 6.18 Å². The van der Waals surface area contributed by atoms with Gasteiger partial charge in [-0.25, -0.2) is 0 Å². The van der Waals surface area contributed by atoms with Crippen LogP contribution in [0.25, 0.3) is 0 Å². The largest absolute Gasteiger partial charge is 0.436 e. The Hall–Kier alpha value is -0.960. The van der Waals surface area contributed by atoms with Crippen LogP contribution in [0.1, 0.15) is 5.69 Å². The SMILES string of the molecule is Br.NC(N)=NCCn1cc(Cl)c(C(F)(F)F)n1. The number of rotatable bonds is 3. The molecule has 0 aliphatic heterocycles. The summed E-state index contributed by atoms with van der Waals surface area (Å²) in [4.78, 5) is 3.61. The number of hydrogen-bond donors (Lipinski definition) is 2. The maximum atomic E-state index is 12.3. The number of nitrogens with zero attached hydrogens (tertiary/aromatic N) is 3. The molecule has 0 bridgehead atoms. The lowest BCUT2D eigenvalue weighted by Gasteiger charge is -2.01. The van der Waals surface area contributed by atoms with Crippen molar-refractivity contribution < 1.29 is 13.2 Å². The van der Waals surface area contributed by atoms with E-state index in [2.05, 4.69) is 10.1 Å². The summed E-state index contributed by atoms with van der Waals surface area (Å²) >= 11 is 5.38. The third-order valence-electron chi connectivity index (χ3n) is 1.61. The quantitative estimate of drug-likeness (QED) is 0.647. The van der Waals surface area contributed by atoms with Crippen LogP contribution in [0.5, 0.6) is 0 Å². The molecule has 0 atom stereocenters. The Balaban J connectivity index is 0.00000256. The minimum atomic E-state index is -4.56. The Morgan fingerprint density at radius 2 is 2.06 bits per heavy atom. The summed E-state index contributed by atoms with van der Waals surface area (Å²) in [5.41, 5.74) is 8.99. The normalized spacial score (nSPS) is 10.8. The Labute approximate surface area is 110 Å². The van der Waals surface area contributed by atoms with Gasteiger partial charge in [0.25, 0.3) is 0 Å². The molecule has 1 aromatic heterocycles. The van der Waals surface area contributed by atoms with Crippen molar-refractivity contribution in [1.82, 2.24) is 9.78 Å². The lowest BCUT2D eigenvalue weighted by atomic mass is 10.4. The van der Waals surface area contributed by atoms with Crippen LogP contribution in [0.4, 0.5) is 13.2 Å². The summed E-state index contributed by atoms with van der Waals surface area (Å²) in [5.74, 6) is -0.130. The maximum absolute atomic E-state index is 12.3. The van der Waals surface area contributed by atoms with Crippen molar-refractivity contribution in [1.29, 1.82) is 0 Å². The molecule has 1 aromatic rings. The third-order valence-corrected chi connectivity index (χ3v) is 1.89. The van der Waals surface area contributed by atoms with Crippen LogP contribution in [0.2, 0.25) is 5.02 Å². The smallest absolute Gasteiger partial charge is 0.370 e. The number of aromatic nitrogens is 2. The Morgan fingerprint density at radius 3 is 2.47 bits per heavy atom. The number of alkyl halides is 3. The van der Waals surface area contributed by atoms with E-state index in [1.807, 2.05) is 0 Å². The van der Waals surface area contributed by atoms with Gasteiger partial charge in [-0.2, -0.15) is 18.3 Å². The molecule has 0 aliphatic rings. The molecule has 0 saturated heterocycles. The molecule has 0 saturated carbocycles. The van der Waals surface area contributed by atoms with Crippen molar-refractivity contribution in [3.8, 4) is 0 Å². The molecule has 0 unspecified atom stereocenters. The third kappa shape index (κ3) is 4.82. The molecule has 0 spiro atoms. The summed E-state index contributed by atoms with van der Waals surface area (Å²) in [6, 6.07) is 0. The van der Waals surface area contributed by atoms with Gasteiger partial charge in [0.15, 0.2) is 11.7 Å². The predicted octanol–water partition coefficient (Wildman–Crippen LogP) is 1.41. The Morgan fingerprint density at radius 1 is 1.47 bits per heavy atom. The first kappa shape index (κ1) is 16.0. The van der Waals surface area contributed by atoms with Gasteiger partial charge in [-0.05, 0) is 0 Å². The topological polar surface area (TPSA) is 82.2 Å². The van der Waals surface area contributed by atoms with E-state index in [9.17, 15) is 13.2 Å². The number of hydrogen-bond acceptors (Lipinski definition) is 2. The molecule has 10 heteroatoms. The molecule has 1 heterocycles. The second-order valence-electron chi connectivity index (χ2n) is 2.89. The molecular formula is C7H10BrClF3N5. The maximum Gasteiger partial charge on any atom is 0.436 e. The van der Waals surface area contributed by atoms with E-state index < -0.39 is 16.9 Å². The molecule has 1 rings (SSSR count). The summed E-state index contributed by atoms with van der Waals surface area (Å²) in [6.07, 6.45) is -3.48. The van der Waals surface area contributed by atoms with Crippen molar-refractivity contribution in [2.75, 3.05) is 6.54 Å². The zero-order chi connectivity index (χ0) is 12.3. The number of halogens is 5. The Bertz CT molecular complexity index is 399. The summed E-state index contributed by atoms with van der Waals surface area (Å²) in [5, 5.41) is 2.84. The average Bonchev–Trinajstić information content (AvgIpc) is 2.45. The molecule has 4 N–H and O–H groups in total. The minimum Gasteiger partial charge on any atom is -0.370 e. The summed E-state index contributed by atoms with van der Waals surface area (Å²) in [6.45, 7) is 0.255. The highest BCUT2D eigenvalue weighted by atomic mass is 79.9. The van der Waals surface area contributed by atoms with E-state index >= 15 is 0 Å². The molecule has 5 nitrogen and oxygen atoms in total. The molecule has 17 heavy (non-hydrogen) atoms. The highest BCUT2D eigenvalue weighted by Crippen LogP contribution is 2.32. The standard InChI is InChI=1S/C7H9ClF3N5.BrH/c8-4-3-16(2-1-14-6(12)13)15-5(4)7(9,10)11;/h3H,1-2H2,(H4,12,13,14);1H. The summed E-state index contributed by atoms with van der Waals surface area (Å²) < 4.78 is 37.9. The molecule has 0 aromatic carbocycles. The van der Waals surface area contributed by atoms with Crippen LogP contribution in [0.15, 0.2) is 11.2 Å². The van der Waals surface area contributed by atoms with Crippen LogP contribution in [0.3, 0.4) is 0 Å². The highest BCUT2D eigenvalue weighted by molar-refractivity contribution is 8.93. The van der Waals surface area contributed by atoms with Crippen LogP contribution in [-0.4, -0.2) is 22.3 Å². The fourth-order valence-corrected chi connectivity index (χ4v) is 1.24. The first-order valence-electron chi connectivity index (χ1n) is 4.16. The van der Waals surface area contributed by atoms with Crippen molar-refractivity contribution >= 4 is 34.5 Å². The van der Waals surface area contributed by atoms with Crippen molar-refractivity contribution in [2.24, 2.45) is 16.5 Å². The van der Waals surface area contributed by atoms with Gasteiger partial charge < -0.3 is 11.5 Å². The van der Waals surface area contributed by atoms with Crippen molar-refractivity contribution in [2.45, 2.75) is 12.7 Å². The van der Waals surface area contributed by atoms with Gasteiger partial charge in [0, 0.05) is 6.20 Å². The monoisotopic (exact) mass is 335 g/mol.